The number of carbonyl (C=O) groups is 1. The van der Waals surface area contributed by atoms with E-state index in [-0.39, 0.29) is 23.4 Å². The van der Waals surface area contributed by atoms with Crippen LogP contribution in [-0.2, 0) is 24.1 Å². The van der Waals surface area contributed by atoms with Crippen LogP contribution in [-0.4, -0.2) is 39.5 Å². The fraction of sp³-hybridized carbons (Fsp3) is 0.632. The molecule has 1 unspecified atom stereocenters. The average molecular weight is 382 g/mol. The van der Waals surface area contributed by atoms with Gasteiger partial charge >= 0.3 is 5.97 Å². The molecule has 0 radical (unpaired) electrons. The molecule has 7 heteroatoms. The van der Waals surface area contributed by atoms with E-state index in [1.807, 2.05) is 6.92 Å². The molecule has 1 saturated carbocycles. The predicted octanol–water partition coefficient (Wildman–Crippen LogP) is 3.20. The van der Waals surface area contributed by atoms with Crippen molar-refractivity contribution < 1.29 is 27.4 Å². The van der Waals surface area contributed by atoms with Crippen LogP contribution in [0.1, 0.15) is 57.1 Å². The number of rotatable bonds is 5. The van der Waals surface area contributed by atoms with Gasteiger partial charge in [0, 0.05) is 12.7 Å². The zero-order valence-electron chi connectivity index (χ0n) is 15.3. The SMILES string of the molecule is COC1CCS(=O)(=O)c2ccc(OCC(=O)OC3(C)CCCCC3)cc21. The van der Waals surface area contributed by atoms with Crippen LogP contribution in [0.25, 0.3) is 0 Å². The molecule has 144 valence electrons. The summed E-state index contributed by atoms with van der Waals surface area (Å²) < 4.78 is 41.0. The monoisotopic (exact) mass is 382 g/mol. The number of esters is 1. The van der Waals surface area contributed by atoms with Gasteiger partial charge in [0.15, 0.2) is 16.4 Å². The molecule has 1 fully saturated rings. The van der Waals surface area contributed by atoms with Gasteiger partial charge in [0.05, 0.1) is 16.8 Å². The Hall–Kier alpha value is -1.60. The van der Waals surface area contributed by atoms with Gasteiger partial charge in [0.2, 0.25) is 0 Å². The normalized spacial score (nSPS) is 23.7. The lowest BCUT2D eigenvalue weighted by molar-refractivity contribution is -0.163. The Morgan fingerprint density at radius 1 is 1.23 bits per heavy atom. The van der Waals surface area contributed by atoms with Gasteiger partial charge in [-0.2, -0.15) is 0 Å². The highest BCUT2D eigenvalue weighted by molar-refractivity contribution is 7.91. The number of fused-ring (bicyclic) bond motifs is 1. The number of hydrogen-bond donors (Lipinski definition) is 0. The number of benzene rings is 1. The fourth-order valence-electron chi connectivity index (χ4n) is 3.77. The maximum absolute atomic E-state index is 12.2. The predicted molar refractivity (Wildman–Crippen MR) is 95.9 cm³/mol. The summed E-state index contributed by atoms with van der Waals surface area (Å²) in [7, 11) is -1.73. The van der Waals surface area contributed by atoms with E-state index in [9.17, 15) is 13.2 Å². The van der Waals surface area contributed by atoms with Crippen molar-refractivity contribution in [2.45, 2.75) is 62.0 Å². The van der Waals surface area contributed by atoms with E-state index in [2.05, 4.69) is 0 Å². The molecule has 1 aromatic rings. The zero-order chi connectivity index (χ0) is 18.8. The molecular weight excluding hydrogens is 356 g/mol. The third kappa shape index (κ3) is 4.20. The van der Waals surface area contributed by atoms with Crippen molar-refractivity contribution in [2.75, 3.05) is 19.5 Å². The highest BCUT2D eigenvalue weighted by Gasteiger charge is 2.32. The molecule has 26 heavy (non-hydrogen) atoms. The first-order valence-electron chi connectivity index (χ1n) is 9.07. The highest BCUT2D eigenvalue weighted by Crippen LogP contribution is 2.36. The topological polar surface area (TPSA) is 78.9 Å². The quantitative estimate of drug-likeness (QED) is 0.728. The number of sulfone groups is 1. The Morgan fingerprint density at radius 2 is 1.96 bits per heavy atom. The van der Waals surface area contributed by atoms with E-state index in [4.69, 9.17) is 14.2 Å². The van der Waals surface area contributed by atoms with Crippen LogP contribution in [0.3, 0.4) is 0 Å². The Balaban J connectivity index is 1.66. The smallest absolute Gasteiger partial charge is 0.344 e. The molecule has 0 saturated heterocycles. The maximum atomic E-state index is 12.2. The average Bonchev–Trinajstić information content (AvgIpc) is 2.60. The van der Waals surface area contributed by atoms with Gasteiger partial charge in [-0.05, 0) is 57.2 Å². The Morgan fingerprint density at radius 3 is 2.65 bits per heavy atom. The van der Waals surface area contributed by atoms with E-state index in [1.54, 1.807) is 19.2 Å². The molecular formula is C19H26O6S. The number of carbonyl (C=O) groups excluding carboxylic acids is 1. The first-order chi connectivity index (χ1) is 12.3. The second-order valence-electron chi connectivity index (χ2n) is 7.30. The zero-order valence-corrected chi connectivity index (χ0v) is 16.1. The molecule has 1 heterocycles. The molecule has 0 N–H and O–H groups in total. The summed E-state index contributed by atoms with van der Waals surface area (Å²) in [5.74, 6) is 0.112. The summed E-state index contributed by atoms with van der Waals surface area (Å²) in [6, 6.07) is 4.75. The molecule has 1 aliphatic carbocycles. The van der Waals surface area contributed by atoms with Crippen molar-refractivity contribution in [2.24, 2.45) is 0 Å². The van der Waals surface area contributed by atoms with E-state index in [1.165, 1.54) is 12.5 Å². The van der Waals surface area contributed by atoms with Gasteiger partial charge in [-0.3, -0.25) is 0 Å². The number of ether oxygens (including phenoxy) is 3. The fourth-order valence-corrected chi connectivity index (χ4v) is 5.34. The van der Waals surface area contributed by atoms with E-state index in [0.29, 0.717) is 17.7 Å². The minimum atomic E-state index is -3.29. The highest BCUT2D eigenvalue weighted by atomic mass is 32.2. The lowest BCUT2D eigenvalue weighted by atomic mass is 9.86. The van der Waals surface area contributed by atoms with Crippen molar-refractivity contribution >= 4 is 15.8 Å². The lowest BCUT2D eigenvalue weighted by Gasteiger charge is -2.33. The Bertz CT molecular complexity index is 764. The van der Waals surface area contributed by atoms with Crippen LogP contribution in [0.2, 0.25) is 0 Å². The lowest BCUT2D eigenvalue weighted by Crippen LogP contribution is -2.35. The van der Waals surface area contributed by atoms with Crippen LogP contribution in [0.15, 0.2) is 23.1 Å². The van der Waals surface area contributed by atoms with Gasteiger partial charge < -0.3 is 14.2 Å². The first-order valence-corrected chi connectivity index (χ1v) is 10.7. The molecule has 1 atom stereocenters. The van der Waals surface area contributed by atoms with E-state index in [0.717, 1.165) is 25.7 Å². The minimum absolute atomic E-state index is 0.0730. The van der Waals surface area contributed by atoms with Crippen molar-refractivity contribution in [3.05, 3.63) is 23.8 Å². The van der Waals surface area contributed by atoms with Crippen LogP contribution in [0, 0.1) is 0 Å². The van der Waals surface area contributed by atoms with Crippen LogP contribution >= 0.6 is 0 Å². The Kier molecular flexibility index (Phi) is 5.58. The summed E-state index contributed by atoms with van der Waals surface area (Å²) in [5, 5.41) is 0. The summed E-state index contributed by atoms with van der Waals surface area (Å²) in [5.41, 5.74) is 0.188. The second kappa shape index (κ2) is 7.56. The second-order valence-corrected chi connectivity index (χ2v) is 9.38. The minimum Gasteiger partial charge on any atom is -0.482 e. The van der Waals surface area contributed by atoms with E-state index >= 15 is 0 Å². The first kappa shape index (κ1) is 19.2. The molecule has 0 spiro atoms. The molecule has 2 aliphatic rings. The molecule has 0 bridgehead atoms. The van der Waals surface area contributed by atoms with Gasteiger partial charge in [-0.15, -0.1) is 0 Å². The third-order valence-corrected chi connectivity index (χ3v) is 7.04. The van der Waals surface area contributed by atoms with Crippen molar-refractivity contribution in [3.8, 4) is 5.75 Å². The molecule has 6 nitrogen and oxygen atoms in total. The van der Waals surface area contributed by atoms with Gasteiger partial charge in [-0.25, -0.2) is 13.2 Å². The van der Waals surface area contributed by atoms with Gasteiger partial charge in [0.25, 0.3) is 0 Å². The van der Waals surface area contributed by atoms with Crippen LogP contribution in [0.5, 0.6) is 5.75 Å². The van der Waals surface area contributed by atoms with E-state index < -0.39 is 21.4 Å². The maximum Gasteiger partial charge on any atom is 0.344 e. The van der Waals surface area contributed by atoms with Crippen LogP contribution in [0.4, 0.5) is 0 Å². The van der Waals surface area contributed by atoms with Gasteiger partial charge in [-0.1, -0.05) is 6.42 Å². The van der Waals surface area contributed by atoms with Gasteiger partial charge in [0.1, 0.15) is 11.4 Å². The molecule has 1 aromatic carbocycles. The van der Waals surface area contributed by atoms with Crippen molar-refractivity contribution in [1.29, 1.82) is 0 Å². The largest absolute Gasteiger partial charge is 0.482 e. The standard InChI is InChI=1S/C19H26O6S/c1-19(9-4-3-5-10-19)25-18(20)13-24-14-6-7-17-15(12-14)16(23-2)8-11-26(17,21)22/h6-7,12,16H,3-5,8-11,13H2,1-2H3. The number of methoxy groups -OCH3 is 1. The van der Waals surface area contributed by atoms with Crippen molar-refractivity contribution in [3.63, 3.8) is 0 Å². The summed E-state index contributed by atoms with van der Waals surface area (Å²) in [6.45, 7) is 1.77. The summed E-state index contributed by atoms with van der Waals surface area (Å²) >= 11 is 0. The van der Waals surface area contributed by atoms with Crippen molar-refractivity contribution in [1.82, 2.24) is 0 Å². The Labute approximate surface area is 154 Å². The molecule has 3 rings (SSSR count). The third-order valence-electron chi connectivity index (χ3n) is 5.22. The molecule has 0 amide bonds. The number of hydrogen-bond acceptors (Lipinski definition) is 6. The molecule has 1 aliphatic heterocycles. The summed E-state index contributed by atoms with van der Waals surface area (Å²) in [4.78, 5) is 12.4. The molecule has 0 aromatic heterocycles. The summed E-state index contributed by atoms with van der Waals surface area (Å²) in [6.07, 6.45) is 5.21. The van der Waals surface area contributed by atoms with Crippen LogP contribution < -0.4 is 4.74 Å².